The average molecular weight is 617 g/mol. The number of nitrogens with one attached hydrogen (secondary N) is 1. The number of sulfonamides is 1. The lowest BCUT2D eigenvalue weighted by atomic mass is 10.0. The lowest BCUT2D eigenvalue weighted by Crippen LogP contribution is -2.53. The Balaban J connectivity index is 1.52. The molecule has 41 heavy (non-hydrogen) atoms. The van der Waals surface area contributed by atoms with E-state index in [1.165, 1.54) is 39.0 Å². The van der Waals surface area contributed by atoms with Crippen LogP contribution in [0.5, 0.6) is 0 Å². The molecule has 1 unspecified atom stereocenters. The van der Waals surface area contributed by atoms with Crippen molar-refractivity contribution < 1.29 is 39.6 Å². The van der Waals surface area contributed by atoms with E-state index in [-0.39, 0.29) is 42.8 Å². The number of urea groups is 1. The molecule has 0 spiro atoms. The molecule has 1 N–H and O–H groups in total. The molecule has 2 fully saturated rings. The number of halogens is 3. The molecule has 2 aromatic rings. The van der Waals surface area contributed by atoms with Crippen LogP contribution in [0.3, 0.4) is 0 Å². The van der Waals surface area contributed by atoms with E-state index in [0.29, 0.717) is 31.5 Å². The van der Waals surface area contributed by atoms with Crippen molar-refractivity contribution in [2.45, 2.75) is 58.6 Å². The van der Waals surface area contributed by atoms with E-state index in [4.69, 9.17) is 0 Å². The van der Waals surface area contributed by atoms with Crippen LogP contribution in [-0.4, -0.2) is 89.3 Å². The van der Waals surface area contributed by atoms with Crippen molar-refractivity contribution in [3.05, 3.63) is 54.1 Å². The summed E-state index contributed by atoms with van der Waals surface area (Å²) in [6.45, 7) is 0.729. The fourth-order valence-electron chi connectivity index (χ4n) is 5.08. The number of hydrogen-bond donors (Lipinski definition) is 1. The topological polar surface area (TPSA) is 124 Å². The van der Waals surface area contributed by atoms with Crippen LogP contribution >= 0.6 is 0 Å². The Morgan fingerprint density at radius 3 is 2.12 bits per heavy atom. The van der Waals surface area contributed by atoms with Gasteiger partial charge in [-0.25, -0.2) is 26.4 Å². The molecular weight excluding hydrogens is 585 g/mol. The predicted octanol–water partition coefficient (Wildman–Crippen LogP) is 2.95. The highest BCUT2D eigenvalue weighted by atomic mass is 32.2. The first-order valence-corrected chi connectivity index (χ1v) is 15.9. The summed E-state index contributed by atoms with van der Waals surface area (Å²) in [4.78, 5) is 28.0. The van der Waals surface area contributed by atoms with Gasteiger partial charge in [0.05, 0.1) is 20.2 Å². The highest BCUT2D eigenvalue weighted by Crippen LogP contribution is 2.36. The van der Waals surface area contributed by atoms with Gasteiger partial charge in [0.2, 0.25) is 25.8 Å². The summed E-state index contributed by atoms with van der Waals surface area (Å²) < 4.78 is 96.3. The zero-order chi connectivity index (χ0) is 30.2. The van der Waals surface area contributed by atoms with Crippen LogP contribution in [0.4, 0.5) is 18.0 Å². The maximum absolute atomic E-state index is 13.8. The summed E-state index contributed by atoms with van der Waals surface area (Å²) in [5.41, 5.74) is -1.49. The van der Waals surface area contributed by atoms with Crippen LogP contribution in [0.2, 0.25) is 0 Å². The van der Waals surface area contributed by atoms with E-state index in [0.717, 1.165) is 6.07 Å². The van der Waals surface area contributed by atoms with E-state index in [9.17, 15) is 39.6 Å². The Morgan fingerprint density at radius 1 is 0.902 bits per heavy atom. The first kappa shape index (κ1) is 30.8. The summed E-state index contributed by atoms with van der Waals surface area (Å²) in [5.74, 6) is -0.253. The first-order chi connectivity index (χ1) is 19.1. The zero-order valence-electron chi connectivity index (χ0n) is 22.5. The fraction of sp³-hybridized carbons (Fsp3) is 0.462. The van der Waals surface area contributed by atoms with Gasteiger partial charge in [-0.2, -0.15) is 13.2 Å². The third-order valence-corrected chi connectivity index (χ3v) is 10.5. The summed E-state index contributed by atoms with van der Waals surface area (Å²) in [6.07, 6.45) is -3.63. The number of amides is 3. The number of alkyl halides is 3. The Bertz CT molecular complexity index is 1510. The number of carbonyl (C=O) groups is 2. The van der Waals surface area contributed by atoms with Crippen molar-refractivity contribution in [2.24, 2.45) is 0 Å². The standard InChI is InChI=1S/C26H31F3N4O6S2/c1-31(2)25(35)33-14-6-9-22(33)24(34)32-15-12-18(13-16-32)30-41(38,39)23-17-20(10-11-21(23)26(27,28)29)40(36,37)19-7-4-3-5-8-19/h3-5,7-8,10-11,17-18,22,30H,6,9,12-16H2,1-2H3. The highest BCUT2D eigenvalue weighted by Gasteiger charge is 2.41. The van der Waals surface area contributed by atoms with Crippen LogP contribution in [0.25, 0.3) is 0 Å². The number of piperidine rings is 1. The van der Waals surface area contributed by atoms with Gasteiger partial charge in [-0.1, -0.05) is 18.2 Å². The van der Waals surface area contributed by atoms with Gasteiger partial charge in [-0.05, 0) is 56.0 Å². The minimum Gasteiger partial charge on any atom is -0.341 e. The molecule has 4 rings (SSSR count). The van der Waals surface area contributed by atoms with Gasteiger partial charge in [0, 0.05) is 39.8 Å². The van der Waals surface area contributed by atoms with Crippen molar-refractivity contribution in [3.63, 3.8) is 0 Å². The third-order valence-electron chi connectivity index (χ3n) is 7.21. The fourth-order valence-corrected chi connectivity index (χ4v) is 8.02. The van der Waals surface area contributed by atoms with E-state index < -0.39 is 53.5 Å². The van der Waals surface area contributed by atoms with Gasteiger partial charge in [0.1, 0.15) is 6.04 Å². The van der Waals surface area contributed by atoms with Crippen LogP contribution in [0, 0.1) is 0 Å². The van der Waals surface area contributed by atoms with Crippen LogP contribution in [0.1, 0.15) is 31.2 Å². The lowest BCUT2D eigenvalue weighted by Gasteiger charge is -2.36. The largest absolute Gasteiger partial charge is 0.417 e. The molecule has 1 atom stereocenters. The van der Waals surface area contributed by atoms with E-state index >= 15 is 0 Å². The summed E-state index contributed by atoms with van der Waals surface area (Å²) >= 11 is 0. The summed E-state index contributed by atoms with van der Waals surface area (Å²) in [6, 6.07) is 7.00. The Kier molecular flexibility index (Phi) is 8.71. The molecule has 2 aromatic carbocycles. The van der Waals surface area contributed by atoms with Crippen LogP contribution < -0.4 is 4.72 Å². The van der Waals surface area contributed by atoms with Crippen LogP contribution in [0.15, 0.2) is 63.2 Å². The van der Waals surface area contributed by atoms with Gasteiger partial charge in [-0.3, -0.25) is 4.79 Å². The molecule has 10 nitrogen and oxygen atoms in total. The zero-order valence-corrected chi connectivity index (χ0v) is 24.1. The molecule has 2 aliphatic rings. The van der Waals surface area contributed by atoms with Gasteiger partial charge >= 0.3 is 12.2 Å². The number of rotatable bonds is 6. The van der Waals surface area contributed by atoms with Crippen molar-refractivity contribution in [2.75, 3.05) is 33.7 Å². The first-order valence-electron chi connectivity index (χ1n) is 12.9. The molecule has 0 aromatic heterocycles. The maximum atomic E-state index is 13.8. The molecule has 2 aliphatic heterocycles. The molecule has 0 saturated carbocycles. The minimum absolute atomic E-state index is 0.128. The van der Waals surface area contributed by atoms with Crippen molar-refractivity contribution in [3.8, 4) is 0 Å². The number of hydrogen-bond acceptors (Lipinski definition) is 6. The van der Waals surface area contributed by atoms with E-state index in [1.54, 1.807) is 20.2 Å². The second-order valence-corrected chi connectivity index (χ2v) is 13.9. The van der Waals surface area contributed by atoms with Crippen LogP contribution in [-0.2, 0) is 30.8 Å². The van der Waals surface area contributed by atoms with Gasteiger partial charge in [0.25, 0.3) is 0 Å². The normalized spacial score (nSPS) is 18.9. The quantitative estimate of drug-likeness (QED) is 0.533. The van der Waals surface area contributed by atoms with Gasteiger partial charge in [-0.15, -0.1) is 0 Å². The molecular formula is C26H31F3N4O6S2. The molecule has 0 radical (unpaired) electrons. The second kappa shape index (κ2) is 11.6. The molecule has 224 valence electrons. The third kappa shape index (κ3) is 6.51. The maximum Gasteiger partial charge on any atom is 0.417 e. The number of sulfone groups is 1. The van der Waals surface area contributed by atoms with E-state index in [1.807, 2.05) is 0 Å². The van der Waals surface area contributed by atoms with E-state index in [2.05, 4.69) is 4.72 Å². The molecule has 2 saturated heterocycles. The van der Waals surface area contributed by atoms with Crippen molar-refractivity contribution in [1.82, 2.24) is 19.4 Å². The molecule has 3 amide bonds. The Morgan fingerprint density at radius 2 is 1.54 bits per heavy atom. The lowest BCUT2D eigenvalue weighted by molar-refractivity contribution is -0.140. The van der Waals surface area contributed by atoms with Crippen molar-refractivity contribution >= 4 is 31.8 Å². The Hall–Kier alpha value is -3.17. The monoisotopic (exact) mass is 616 g/mol. The highest BCUT2D eigenvalue weighted by molar-refractivity contribution is 7.91. The molecule has 15 heteroatoms. The van der Waals surface area contributed by atoms with Crippen molar-refractivity contribution in [1.29, 1.82) is 0 Å². The predicted molar refractivity (Wildman–Crippen MR) is 142 cm³/mol. The summed E-state index contributed by atoms with van der Waals surface area (Å²) in [7, 11) is -5.92. The average Bonchev–Trinajstić information content (AvgIpc) is 3.42. The molecule has 0 aliphatic carbocycles. The Labute approximate surface area is 237 Å². The number of nitrogens with zero attached hydrogens (tertiary/aromatic N) is 3. The SMILES string of the molecule is CN(C)C(=O)N1CCCC1C(=O)N1CCC(NS(=O)(=O)c2cc(S(=O)(=O)c3ccccc3)ccc2C(F)(F)F)CC1. The van der Waals surface area contributed by atoms with Gasteiger partial charge in [0.15, 0.2) is 0 Å². The smallest absolute Gasteiger partial charge is 0.341 e. The molecule has 0 bridgehead atoms. The molecule has 2 heterocycles. The second-order valence-electron chi connectivity index (χ2n) is 10.2. The number of carbonyl (C=O) groups excluding carboxylic acids is 2. The minimum atomic E-state index is -5.06. The summed E-state index contributed by atoms with van der Waals surface area (Å²) in [5, 5.41) is 0. The number of benzene rings is 2. The van der Waals surface area contributed by atoms with Gasteiger partial charge < -0.3 is 14.7 Å². The number of likely N-dealkylation sites (tertiary alicyclic amines) is 2.